The Labute approximate surface area is 219 Å². The van der Waals surface area contributed by atoms with Gasteiger partial charge in [0.1, 0.15) is 17.2 Å². The van der Waals surface area contributed by atoms with Gasteiger partial charge >= 0.3 is 12.1 Å². The van der Waals surface area contributed by atoms with E-state index >= 15 is 0 Å². The van der Waals surface area contributed by atoms with Crippen molar-refractivity contribution >= 4 is 60.9 Å². The van der Waals surface area contributed by atoms with Crippen molar-refractivity contribution in [2.75, 3.05) is 5.32 Å². The first-order valence-corrected chi connectivity index (χ1v) is 13.3. The number of hydrogen-bond donors (Lipinski definition) is 2. The molecule has 0 radical (unpaired) electrons. The van der Waals surface area contributed by atoms with E-state index < -0.39 is 23.6 Å². The smallest absolute Gasteiger partial charge is 0.412 e. The summed E-state index contributed by atoms with van der Waals surface area (Å²) in [6.45, 7) is 1.81. The molecule has 0 spiro atoms. The third-order valence-corrected chi connectivity index (χ3v) is 8.90. The number of anilines is 1. The summed E-state index contributed by atoms with van der Waals surface area (Å²) in [5.74, 6) is 5.67. The van der Waals surface area contributed by atoms with E-state index in [-0.39, 0.29) is 5.76 Å². The molecule has 0 aliphatic heterocycles. The van der Waals surface area contributed by atoms with Crippen molar-refractivity contribution in [2.45, 2.75) is 31.3 Å². The van der Waals surface area contributed by atoms with E-state index in [2.05, 4.69) is 22.1 Å². The predicted molar refractivity (Wildman–Crippen MR) is 143 cm³/mol. The Morgan fingerprint density at radius 3 is 2.68 bits per heavy atom. The van der Waals surface area contributed by atoms with Crippen LogP contribution < -0.4 is 5.32 Å². The molecule has 37 heavy (non-hydrogen) atoms. The van der Waals surface area contributed by atoms with Crippen LogP contribution in [0.1, 0.15) is 46.9 Å². The summed E-state index contributed by atoms with van der Waals surface area (Å²) in [4.78, 5) is 30.3. The molecule has 7 nitrogen and oxygen atoms in total. The lowest BCUT2D eigenvalue weighted by atomic mass is 10.1. The van der Waals surface area contributed by atoms with Gasteiger partial charge in [-0.2, -0.15) is 0 Å². The van der Waals surface area contributed by atoms with Crippen LogP contribution in [0.15, 0.2) is 65.2 Å². The van der Waals surface area contributed by atoms with Crippen molar-refractivity contribution in [3.05, 3.63) is 81.9 Å². The van der Waals surface area contributed by atoms with E-state index in [1.165, 1.54) is 22.7 Å². The van der Waals surface area contributed by atoms with Crippen molar-refractivity contribution in [3.8, 4) is 11.8 Å². The first-order valence-electron chi connectivity index (χ1n) is 11.6. The van der Waals surface area contributed by atoms with E-state index in [9.17, 15) is 14.7 Å². The molecule has 9 heteroatoms. The number of ether oxygens (including phenoxy) is 1. The molecule has 1 aromatic carbocycles. The number of nitrogens with one attached hydrogen (secondary N) is 1. The van der Waals surface area contributed by atoms with Gasteiger partial charge in [-0.3, -0.25) is 10.1 Å². The molecule has 5 aromatic rings. The summed E-state index contributed by atoms with van der Waals surface area (Å²) in [6.07, 6.45) is 1.92. The number of carbonyl (C=O) groups is 2. The van der Waals surface area contributed by atoms with Gasteiger partial charge in [-0.1, -0.05) is 30.3 Å². The molecule has 6 rings (SSSR count). The van der Waals surface area contributed by atoms with E-state index in [0.29, 0.717) is 29.6 Å². The van der Waals surface area contributed by atoms with Gasteiger partial charge in [-0.25, -0.2) is 9.78 Å². The minimum atomic E-state index is -0.753. The van der Waals surface area contributed by atoms with Gasteiger partial charge in [0, 0.05) is 16.5 Å². The Morgan fingerprint density at radius 1 is 1.14 bits per heavy atom. The number of hydrogen-bond acceptors (Lipinski definition) is 7. The van der Waals surface area contributed by atoms with Crippen LogP contribution in [-0.4, -0.2) is 22.2 Å². The van der Waals surface area contributed by atoms with Gasteiger partial charge in [-0.05, 0) is 61.4 Å². The molecule has 1 amide bonds. The summed E-state index contributed by atoms with van der Waals surface area (Å²) >= 11 is 3.03. The fourth-order valence-electron chi connectivity index (χ4n) is 4.17. The summed E-state index contributed by atoms with van der Waals surface area (Å²) in [5.41, 5.74) is 0.939. The molecular weight excluding hydrogens is 508 g/mol. The van der Waals surface area contributed by atoms with Crippen LogP contribution in [0, 0.1) is 11.8 Å². The molecule has 0 saturated heterocycles. The molecular formula is C28H20N2O5S2. The van der Waals surface area contributed by atoms with Crippen molar-refractivity contribution in [2.24, 2.45) is 0 Å². The topological polar surface area (TPSA) is 102 Å². The molecule has 2 N–H and O–H groups in total. The van der Waals surface area contributed by atoms with E-state index in [1.807, 2.05) is 42.5 Å². The zero-order chi connectivity index (χ0) is 25.6. The van der Waals surface area contributed by atoms with Crippen molar-refractivity contribution in [3.63, 3.8) is 0 Å². The van der Waals surface area contributed by atoms with Gasteiger partial charge in [-0.15, -0.1) is 22.7 Å². The number of amides is 1. The average Bonchev–Trinajstić information content (AvgIpc) is 3.33. The number of carboxylic acids is 1. The third kappa shape index (κ3) is 4.35. The number of benzene rings is 1. The first-order chi connectivity index (χ1) is 17.9. The van der Waals surface area contributed by atoms with Crippen molar-refractivity contribution in [1.82, 2.24) is 4.98 Å². The standard InChI is InChI=1S/C28H20N2O5S2/c1-16(17-6-3-2-4-7-17)34-27(33)30-23-20-8-5-13-29-24(20)35-21(23)10-9-19-14-18-15-22(37-25(18)36-19)28(11-12-28)26(31)32/h2-8,13-16H,11-12H2,1H3,(H,30,33)(H,31,32). The predicted octanol–water partition coefficient (Wildman–Crippen LogP) is 6.93. The Kier molecular flexibility index (Phi) is 5.71. The number of pyridine rings is 1. The Morgan fingerprint density at radius 2 is 1.95 bits per heavy atom. The largest absolute Gasteiger partial charge is 0.481 e. The molecule has 1 fully saturated rings. The number of fused-ring (bicyclic) bond motifs is 2. The zero-order valence-electron chi connectivity index (χ0n) is 19.6. The normalized spacial score (nSPS) is 14.6. The van der Waals surface area contributed by atoms with E-state index in [0.717, 1.165) is 24.7 Å². The summed E-state index contributed by atoms with van der Waals surface area (Å²) in [5, 5.41) is 14.0. The Bertz CT molecular complexity index is 1690. The zero-order valence-corrected chi connectivity index (χ0v) is 21.2. The summed E-state index contributed by atoms with van der Waals surface area (Å²) in [7, 11) is 0. The minimum Gasteiger partial charge on any atom is -0.481 e. The van der Waals surface area contributed by atoms with Gasteiger partial charge in [0.15, 0.2) is 0 Å². The van der Waals surface area contributed by atoms with Crippen molar-refractivity contribution < 1.29 is 23.8 Å². The van der Waals surface area contributed by atoms with Crippen LogP contribution in [0.3, 0.4) is 0 Å². The maximum atomic E-state index is 12.7. The highest BCUT2D eigenvalue weighted by atomic mass is 32.2. The Hall–Kier alpha value is -4.13. The number of aromatic nitrogens is 1. The highest BCUT2D eigenvalue weighted by Gasteiger charge is 2.53. The maximum Gasteiger partial charge on any atom is 0.412 e. The van der Waals surface area contributed by atoms with Crippen molar-refractivity contribution in [1.29, 1.82) is 0 Å². The monoisotopic (exact) mass is 528 g/mol. The number of carboxylic acid groups (broad SMARTS) is 1. The van der Waals surface area contributed by atoms with Gasteiger partial charge in [0.25, 0.3) is 0 Å². The summed E-state index contributed by atoms with van der Waals surface area (Å²) in [6, 6.07) is 16.9. The maximum absolute atomic E-state index is 12.7. The third-order valence-electron chi connectivity index (χ3n) is 6.39. The molecule has 1 atom stereocenters. The number of rotatable bonds is 5. The quantitative estimate of drug-likeness (QED) is 0.240. The molecule has 1 aliphatic rings. The van der Waals surface area contributed by atoms with Crippen LogP contribution >= 0.6 is 22.7 Å². The van der Waals surface area contributed by atoms with Crippen LogP contribution in [0.5, 0.6) is 0 Å². The fourth-order valence-corrected chi connectivity index (χ4v) is 6.71. The van der Waals surface area contributed by atoms with E-state index in [1.54, 1.807) is 25.3 Å². The number of furan rings is 1. The molecule has 4 heterocycles. The average molecular weight is 529 g/mol. The molecule has 1 unspecified atom stereocenters. The minimum absolute atomic E-state index is 0.276. The lowest BCUT2D eigenvalue weighted by molar-refractivity contribution is -0.139. The molecule has 0 bridgehead atoms. The second-order valence-corrected chi connectivity index (χ2v) is 11.2. The van der Waals surface area contributed by atoms with Crippen LogP contribution in [-0.2, 0) is 14.9 Å². The molecule has 1 saturated carbocycles. The molecule has 4 aromatic heterocycles. The fraction of sp³-hybridized carbons (Fsp3) is 0.179. The number of thiophene rings is 2. The highest BCUT2D eigenvalue weighted by molar-refractivity contribution is 7.38. The van der Waals surface area contributed by atoms with Crippen LogP contribution in [0.25, 0.3) is 20.5 Å². The molecule has 184 valence electrons. The lowest BCUT2D eigenvalue weighted by Gasteiger charge is -2.13. The van der Waals surface area contributed by atoms with Gasteiger partial charge < -0.3 is 14.3 Å². The Balaban J connectivity index is 1.26. The van der Waals surface area contributed by atoms with Gasteiger partial charge in [0.2, 0.25) is 11.5 Å². The lowest BCUT2D eigenvalue weighted by Crippen LogP contribution is -2.17. The first kappa shape index (κ1) is 23.3. The number of nitrogens with zero attached hydrogens (tertiary/aromatic N) is 1. The van der Waals surface area contributed by atoms with Crippen LogP contribution in [0.2, 0.25) is 0 Å². The molecule has 1 aliphatic carbocycles. The number of carbonyl (C=O) groups excluding carboxylic acids is 1. The second kappa shape index (κ2) is 9.07. The van der Waals surface area contributed by atoms with Crippen LogP contribution in [0.4, 0.5) is 10.5 Å². The second-order valence-electron chi connectivity index (χ2n) is 8.85. The summed E-state index contributed by atoms with van der Waals surface area (Å²) < 4.78 is 12.5. The SMILES string of the molecule is CC(OC(=O)Nc1c(C#Cc2cc3cc(C4(C(=O)O)CC4)sc3s2)oc2ncccc12)c1ccccc1. The van der Waals surface area contributed by atoms with Gasteiger partial charge in [0.05, 0.1) is 14.3 Å². The van der Waals surface area contributed by atoms with E-state index in [4.69, 9.17) is 9.15 Å². The number of aliphatic carboxylic acids is 1. The highest BCUT2D eigenvalue weighted by Crippen LogP contribution is 2.52.